The molecular formula is C7H9N3O3. The van der Waals surface area contributed by atoms with E-state index in [1.807, 2.05) is 5.32 Å². The van der Waals surface area contributed by atoms with Crippen LogP contribution < -0.4 is 10.6 Å². The predicted molar refractivity (Wildman–Crippen MR) is 41.2 cm³/mol. The number of imide groups is 1. The first-order valence-corrected chi connectivity index (χ1v) is 3.60. The van der Waals surface area contributed by atoms with E-state index in [1.165, 1.54) is 14.0 Å². The topological polar surface area (TPSA) is 91.2 Å². The van der Waals surface area contributed by atoms with Gasteiger partial charge in [0.15, 0.2) is 11.6 Å². The maximum absolute atomic E-state index is 11.3. The Bertz CT molecular complexity index is 296. The largest absolute Gasteiger partial charge is 0.359 e. The molecule has 0 aliphatic carbocycles. The number of carbonyl (C=O) groups is 2. The van der Waals surface area contributed by atoms with Crippen LogP contribution in [-0.2, 0) is 9.53 Å². The molecule has 0 spiro atoms. The molecule has 0 bridgehead atoms. The minimum absolute atomic E-state index is 0.648. The van der Waals surface area contributed by atoms with Crippen LogP contribution in [0.5, 0.6) is 0 Å². The number of rotatable bonds is 1. The fraction of sp³-hybridized carbons (Fsp3) is 0.571. The molecule has 1 aliphatic heterocycles. The van der Waals surface area contributed by atoms with Crippen molar-refractivity contribution in [3.05, 3.63) is 0 Å². The van der Waals surface area contributed by atoms with Gasteiger partial charge in [0.2, 0.25) is 0 Å². The fourth-order valence-corrected chi connectivity index (χ4v) is 1.06. The zero-order valence-electron chi connectivity index (χ0n) is 7.25. The standard InChI is InChI=1S/C7H9N3O3/c1-7(3-8)4(11)9-6(12)10-5(7)13-2/h5H,1-2H3,(H2,9,10,11,12). The third-order valence-electron chi connectivity index (χ3n) is 1.95. The van der Waals surface area contributed by atoms with Crippen LogP contribution in [0.3, 0.4) is 0 Å². The molecule has 1 heterocycles. The van der Waals surface area contributed by atoms with Gasteiger partial charge >= 0.3 is 6.03 Å². The number of methoxy groups -OCH3 is 1. The molecule has 0 aromatic rings. The first-order chi connectivity index (χ1) is 6.04. The van der Waals surface area contributed by atoms with E-state index in [4.69, 9.17) is 10.00 Å². The van der Waals surface area contributed by atoms with Crippen molar-refractivity contribution in [1.29, 1.82) is 5.26 Å². The Morgan fingerprint density at radius 3 is 2.69 bits per heavy atom. The Labute approximate surface area is 74.9 Å². The molecule has 2 atom stereocenters. The van der Waals surface area contributed by atoms with Crippen LogP contribution in [0, 0.1) is 16.7 Å². The summed E-state index contributed by atoms with van der Waals surface area (Å²) in [6.07, 6.45) is -0.904. The van der Waals surface area contributed by atoms with E-state index in [9.17, 15) is 9.59 Å². The van der Waals surface area contributed by atoms with Gasteiger partial charge in [-0.2, -0.15) is 5.26 Å². The molecule has 3 amide bonds. The number of hydrogen-bond donors (Lipinski definition) is 2. The van der Waals surface area contributed by atoms with Crippen LogP contribution in [0.25, 0.3) is 0 Å². The maximum Gasteiger partial charge on any atom is 0.323 e. The van der Waals surface area contributed by atoms with E-state index in [0.29, 0.717) is 0 Å². The number of hydrogen-bond acceptors (Lipinski definition) is 4. The van der Waals surface area contributed by atoms with Crippen molar-refractivity contribution in [2.75, 3.05) is 7.11 Å². The third kappa shape index (κ3) is 1.34. The Morgan fingerprint density at radius 1 is 1.62 bits per heavy atom. The van der Waals surface area contributed by atoms with Gasteiger partial charge in [-0.05, 0) is 6.92 Å². The van der Waals surface area contributed by atoms with Crippen LogP contribution >= 0.6 is 0 Å². The molecule has 1 fully saturated rings. The summed E-state index contributed by atoms with van der Waals surface area (Å²) in [5.74, 6) is -0.648. The van der Waals surface area contributed by atoms with Crippen LogP contribution in [0.1, 0.15) is 6.92 Å². The van der Waals surface area contributed by atoms with Crippen molar-refractivity contribution in [2.24, 2.45) is 5.41 Å². The van der Waals surface area contributed by atoms with Gasteiger partial charge in [-0.15, -0.1) is 0 Å². The van der Waals surface area contributed by atoms with Gasteiger partial charge in [0.1, 0.15) is 0 Å². The molecule has 1 aliphatic rings. The van der Waals surface area contributed by atoms with Crippen molar-refractivity contribution in [3.63, 3.8) is 0 Å². The van der Waals surface area contributed by atoms with Gasteiger partial charge in [0, 0.05) is 7.11 Å². The molecule has 1 saturated heterocycles. The Hall–Kier alpha value is -1.61. The van der Waals surface area contributed by atoms with Gasteiger partial charge < -0.3 is 10.1 Å². The van der Waals surface area contributed by atoms with Crippen molar-refractivity contribution < 1.29 is 14.3 Å². The Balaban J connectivity index is 2.99. The molecule has 1 rings (SSSR count). The van der Waals surface area contributed by atoms with Crippen LogP contribution in [0.2, 0.25) is 0 Å². The van der Waals surface area contributed by atoms with E-state index < -0.39 is 23.6 Å². The van der Waals surface area contributed by atoms with Gasteiger partial charge in [-0.25, -0.2) is 4.79 Å². The lowest BCUT2D eigenvalue weighted by atomic mass is 9.88. The maximum atomic E-state index is 11.3. The number of ether oxygens (including phenoxy) is 1. The molecular weight excluding hydrogens is 174 g/mol. The van der Waals surface area contributed by atoms with E-state index in [0.717, 1.165) is 0 Å². The minimum atomic E-state index is -1.37. The molecule has 2 unspecified atom stereocenters. The number of urea groups is 1. The number of nitriles is 1. The lowest BCUT2D eigenvalue weighted by Crippen LogP contribution is -2.63. The van der Waals surface area contributed by atoms with E-state index >= 15 is 0 Å². The normalized spacial score (nSPS) is 33.2. The zero-order chi connectivity index (χ0) is 10.1. The highest BCUT2D eigenvalue weighted by Crippen LogP contribution is 2.23. The summed E-state index contributed by atoms with van der Waals surface area (Å²) in [6, 6.07) is 1.15. The van der Waals surface area contributed by atoms with Crippen molar-refractivity contribution >= 4 is 11.9 Å². The number of nitrogens with zero attached hydrogens (tertiary/aromatic N) is 1. The first kappa shape index (κ1) is 9.48. The van der Waals surface area contributed by atoms with E-state index in [-0.39, 0.29) is 0 Å². The van der Waals surface area contributed by atoms with Crippen LogP contribution in [0.4, 0.5) is 4.79 Å². The average molecular weight is 183 g/mol. The van der Waals surface area contributed by atoms with E-state index in [2.05, 4.69) is 5.32 Å². The smallest absolute Gasteiger partial charge is 0.323 e. The van der Waals surface area contributed by atoms with Crippen molar-refractivity contribution in [3.8, 4) is 6.07 Å². The molecule has 0 saturated carbocycles. The SMILES string of the molecule is COC1NC(=O)NC(=O)C1(C)C#N. The summed E-state index contributed by atoms with van der Waals surface area (Å²) in [5.41, 5.74) is -1.37. The molecule has 13 heavy (non-hydrogen) atoms. The summed E-state index contributed by atoms with van der Waals surface area (Å²) >= 11 is 0. The summed E-state index contributed by atoms with van der Waals surface area (Å²) in [6.45, 7) is 1.40. The number of nitrogens with one attached hydrogen (secondary N) is 2. The highest BCUT2D eigenvalue weighted by atomic mass is 16.5. The minimum Gasteiger partial charge on any atom is -0.359 e. The lowest BCUT2D eigenvalue weighted by Gasteiger charge is -2.33. The fourth-order valence-electron chi connectivity index (χ4n) is 1.06. The van der Waals surface area contributed by atoms with Gasteiger partial charge in [-0.1, -0.05) is 0 Å². The summed E-state index contributed by atoms with van der Waals surface area (Å²) < 4.78 is 4.82. The first-order valence-electron chi connectivity index (χ1n) is 3.60. The summed E-state index contributed by atoms with van der Waals surface area (Å²) in [7, 11) is 1.32. The highest BCUT2D eigenvalue weighted by molar-refractivity contribution is 6.01. The van der Waals surface area contributed by atoms with Crippen LogP contribution in [-0.4, -0.2) is 25.3 Å². The second-order valence-corrected chi connectivity index (χ2v) is 2.86. The zero-order valence-corrected chi connectivity index (χ0v) is 7.25. The molecule has 70 valence electrons. The van der Waals surface area contributed by atoms with Crippen LogP contribution in [0.15, 0.2) is 0 Å². The quantitative estimate of drug-likeness (QED) is 0.563. The van der Waals surface area contributed by atoms with Gasteiger partial charge in [0.25, 0.3) is 5.91 Å². The number of amides is 3. The second-order valence-electron chi connectivity index (χ2n) is 2.86. The molecule has 6 heteroatoms. The molecule has 6 nitrogen and oxygen atoms in total. The monoisotopic (exact) mass is 183 g/mol. The Kier molecular flexibility index (Phi) is 2.21. The van der Waals surface area contributed by atoms with E-state index in [1.54, 1.807) is 6.07 Å². The Morgan fingerprint density at radius 2 is 2.23 bits per heavy atom. The summed E-state index contributed by atoms with van der Waals surface area (Å²) in [5, 5.41) is 13.1. The molecule has 0 aromatic carbocycles. The molecule has 2 N–H and O–H groups in total. The van der Waals surface area contributed by atoms with Gasteiger partial charge in [-0.3, -0.25) is 10.1 Å². The third-order valence-corrected chi connectivity index (χ3v) is 1.95. The van der Waals surface area contributed by atoms with Crippen molar-refractivity contribution in [1.82, 2.24) is 10.6 Å². The lowest BCUT2D eigenvalue weighted by molar-refractivity contribution is -0.135. The van der Waals surface area contributed by atoms with Gasteiger partial charge in [0.05, 0.1) is 6.07 Å². The number of carbonyl (C=O) groups excluding carboxylic acids is 2. The highest BCUT2D eigenvalue weighted by Gasteiger charge is 2.47. The second kappa shape index (κ2) is 3.03. The van der Waals surface area contributed by atoms with Crippen molar-refractivity contribution in [2.45, 2.75) is 13.2 Å². The molecule has 0 aromatic heterocycles. The molecule has 0 radical (unpaired) electrons. The average Bonchev–Trinajstić information content (AvgIpc) is 2.11. The summed E-state index contributed by atoms with van der Waals surface area (Å²) in [4.78, 5) is 22.1. The predicted octanol–water partition coefficient (Wildman–Crippen LogP) is -0.672.